The van der Waals surface area contributed by atoms with Crippen molar-refractivity contribution in [2.45, 2.75) is 12.1 Å². The predicted molar refractivity (Wildman–Crippen MR) is 110 cm³/mol. The van der Waals surface area contributed by atoms with Crippen molar-refractivity contribution >= 4 is 28.4 Å². The number of nitrogens with zero attached hydrogens (tertiary/aromatic N) is 5. The molecule has 10 heteroatoms. The zero-order valence-electron chi connectivity index (χ0n) is 16.6. The molecule has 10 nitrogen and oxygen atoms in total. The average molecular weight is 407 g/mol. The first-order valence-electron chi connectivity index (χ1n) is 9.55. The molecule has 0 spiro atoms. The van der Waals surface area contributed by atoms with Crippen molar-refractivity contribution in [3.8, 4) is 11.3 Å². The van der Waals surface area contributed by atoms with Crippen molar-refractivity contribution in [3.63, 3.8) is 0 Å². The lowest BCUT2D eigenvalue weighted by Crippen LogP contribution is -2.24. The second-order valence-electron chi connectivity index (χ2n) is 7.14. The van der Waals surface area contributed by atoms with Gasteiger partial charge in [0.15, 0.2) is 5.65 Å². The first-order chi connectivity index (χ1) is 14.6. The van der Waals surface area contributed by atoms with Crippen molar-refractivity contribution in [1.82, 2.24) is 24.1 Å². The van der Waals surface area contributed by atoms with Gasteiger partial charge in [-0.05, 0) is 12.1 Å². The smallest absolute Gasteiger partial charge is 0.254 e. The fraction of sp³-hybridized carbons (Fsp3) is 0.300. The Labute approximate surface area is 171 Å². The number of primary amides is 1. The summed E-state index contributed by atoms with van der Waals surface area (Å²) in [6.07, 6.45) is 5.15. The molecule has 0 saturated carbocycles. The second kappa shape index (κ2) is 7.08. The molecule has 154 valence electrons. The van der Waals surface area contributed by atoms with Gasteiger partial charge in [0.2, 0.25) is 0 Å². The number of amides is 1. The monoisotopic (exact) mass is 407 g/mol. The molecule has 1 aliphatic rings. The molecule has 1 amide bonds. The highest BCUT2D eigenvalue weighted by molar-refractivity contribution is 6.00. The van der Waals surface area contributed by atoms with Crippen molar-refractivity contribution < 1.29 is 14.3 Å². The van der Waals surface area contributed by atoms with Gasteiger partial charge in [0.25, 0.3) is 5.91 Å². The van der Waals surface area contributed by atoms with Crippen LogP contribution in [0, 0.1) is 0 Å². The Kier molecular flexibility index (Phi) is 4.37. The molecule has 1 fully saturated rings. The lowest BCUT2D eigenvalue weighted by molar-refractivity contribution is 0.0692. The third kappa shape index (κ3) is 2.72. The predicted octanol–water partition coefficient (Wildman–Crippen LogP) is 1.47. The van der Waals surface area contributed by atoms with Crippen LogP contribution >= 0.6 is 0 Å². The van der Waals surface area contributed by atoms with E-state index in [1.807, 2.05) is 24.4 Å². The lowest BCUT2D eigenvalue weighted by atomic mass is 10.1. The molecule has 5 heterocycles. The van der Waals surface area contributed by atoms with E-state index in [2.05, 4.69) is 20.0 Å². The quantitative estimate of drug-likeness (QED) is 0.514. The van der Waals surface area contributed by atoms with E-state index in [4.69, 9.17) is 20.2 Å². The van der Waals surface area contributed by atoms with Crippen LogP contribution in [0.5, 0.6) is 0 Å². The molecule has 3 N–H and O–H groups in total. The lowest BCUT2D eigenvalue weighted by Gasteiger charge is -2.18. The average Bonchev–Trinajstić information content (AvgIpc) is 3.48. The van der Waals surface area contributed by atoms with E-state index < -0.39 is 5.91 Å². The number of methoxy groups -OCH3 is 1. The maximum absolute atomic E-state index is 11.8. The van der Waals surface area contributed by atoms with Crippen LogP contribution in [-0.2, 0) is 9.47 Å². The number of rotatable bonds is 5. The molecule has 0 bridgehead atoms. The van der Waals surface area contributed by atoms with Gasteiger partial charge in [0.1, 0.15) is 23.1 Å². The van der Waals surface area contributed by atoms with Crippen LogP contribution in [0.2, 0.25) is 0 Å². The number of fused-ring (bicyclic) bond motifs is 2. The molecule has 4 aromatic rings. The number of anilines is 1. The van der Waals surface area contributed by atoms with Gasteiger partial charge in [-0.15, -0.1) is 0 Å². The van der Waals surface area contributed by atoms with Crippen LogP contribution in [0.25, 0.3) is 27.9 Å². The minimum absolute atomic E-state index is 0.00444. The first kappa shape index (κ1) is 18.5. The van der Waals surface area contributed by atoms with E-state index in [0.29, 0.717) is 30.4 Å². The van der Waals surface area contributed by atoms with Crippen LogP contribution in [0.15, 0.2) is 36.8 Å². The minimum Gasteiger partial charge on any atom is -0.377 e. The van der Waals surface area contributed by atoms with E-state index in [9.17, 15) is 4.79 Å². The fourth-order valence-electron chi connectivity index (χ4n) is 4.00. The minimum atomic E-state index is -0.577. The van der Waals surface area contributed by atoms with E-state index in [-0.39, 0.29) is 17.7 Å². The highest BCUT2D eigenvalue weighted by Gasteiger charge is 2.31. The molecule has 4 aromatic heterocycles. The van der Waals surface area contributed by atoms with Gasteiger partial charge < -0.3 is 25.1 Å². The van der Waals surface area contributed by atoms with E-state index in [1.54, 1.807) is 24.9 Å². The number of ether oxygens (including phenoxy) is 2. The summed E-state index contributed by atoms with van der Waals surface area (Å²) in [4.78, 5) is 21.2. The Morgan fingerprint density at radius 1 is 1.37 bits per heavy atom. The number of hydrogen-bond acceptors (Lipinski definition) is 7. The molecule has 0 radical (unpaired) electrons. The van der Waals surface area contributed by atoms with Crippen LogP contribution in [0.1, 0.15) is 16.4 Å². The van der Waals surface area contributed by atoms with Crippen LogP contribution in [0.4, 0.5) is 5.82 Å². The number of carbonyl (C=O) groups excluding carboxylic acids is 1. The van der Waals surface area contributed by atoms with Crippen molar-refractivity contribution in [2.75, 3.05) is 32.7 Å². The van der Waals surface area contributed by atoms with Gasteiger partial charge in [0.05, 0.1) is 31.1 Å². The molecule has 0 aromatic carbocycles. The zero-order chi connectivity index (χ0) is 20.8. The summed E-state index contributed by atoms with van der Waals surface area (Å²) in [7, 11) is 3.47. The van der Waals surface area contributed by atoms with E-state index in [0.717, 1.165) is 16.6 Å². The molecule has 5 rings (SSSR count). The molecular weight excluding hydrogens is 386 g/mol. The number of pyridine rings is 1. The maximum atomic E-state index is 11.8. The van der Waals surface area contributed by atoms with Gasteiger partial charge in [-0.3, -0.25) is 4.79 Å². The molecule has 30 heavy (non-hydrogen) atoms. The second-order valence-corrected chi connectivity index (χ2v) is 7.14. The molecular formula is C20H21N7O3. The number of nitrogens with one attached hydrogen (secondary N) is 1. The SMILES string of the molecule is CNc1cc(-c2cn([C@@H]3COC[C@H]3OC)c3ncccc23)nc2c(C(N)=O)cnn12. The fourth-order valence-corrected chi connectivity index (χ4v) is 4.00. The van der Waals surface area contributed by atoms with Gasteiger partial charge in [-0.1, -0.05) is 0 Å². The Morgan fingerprint density at radius 2 is 2.23 bits per heavy atom. The largest absolute Gasteiger partial charge is 0.377 e. The first-order valence-corrected chi connectivity index (χ1v) is 9.55. The van der Waals surface area contributed by atoms with E-state index in [1.165, 1.54) is 6.20 Å². The molecule has 1 aliphatic heterocycles. The van der Waals surface area contributed by atoms with Crippen molar-refractivity contribution in [1.29, 1.82) is 0 Å². The number of nitrogens with two attached hydrogens (primary N) is 1. The third-order valence-electron chi connectivity index (χ3n) is 5.52. The van der Waals surface area contributed by atoms with Gasteiger partial charge in [-0.2, -0.15) is 9.61 Å². The maximum Gasteiger partial charge on any atom is 0.254 e. The number of carbonyl (C=O) groups is 1. The van der Waals surface area contributed by atoms with Crippen molar-refractivity contribution in [2.24, 2.45) is 5.73 Å². The van der Waals surface area contributed by atoms with Gasteiger partial charge in [0, 0.05) is 43.6 Å². The zero-order valence-corrected chi connectivity index (χ0v) is 16.6. The van der Waals surface area contributed by atoms with Gasteiger partial charge in [-0.25, -0.2) is 9.97 Å². The molecule has 0 unspecified atom stereocenters. The van der Waals surface area contributed by atoms with Crippen LogP contribution in [0.3, 0.4) is 0 Å². The number of hydrogen-bond donors (Lipinski definition) is 2. The third-order valence-corrected chi connectivity index (χ3v) is 5.52. The highest BCUT2D eigenvalue weighted by Crippen LogP contribution is 2.34. The Bertz CT molecular complexity index is 1260. The molecule has 0 aliphatic carbocycles. The van der Waals surface area contributed by atoms with Gasteiger partial charge >= 0.3 is 0 Å². The standard InChI is InChI=1S/C20H21N7O3/c1-22-17-6-14(25-20-12(18(21)28)7-24-27(17)20)13-8-26(15-9-30-10-16(15)29-2)19-11(13)4-3-5-23-19/h3-8,15-16,22H,9-10H2,1-2H3,(H2,21,28)/t15-,16-/m1/s1. The summed E-state index contributed by atoms with van der Waals surface area (Å²) >= 11 is 0. The Morgan fingerprint density at radius 3 is 3.00 bits per heavy atom. The Balaban J connectivity index is 1.75. The summed E-state index contributed by atoms with van der Waals surface area (Å²) < 4.78 is 14.9. The molecule has 2 atom stereocenters. The van der Waals surface area contributed by atoms with Crippen LogP contribution < -0.4 is 11.1 Å². The van der Waals surface area contributed by atoms with E-state index >= 15 is 0 Å². The highest BCUT2D eigenvalue weighted by atomic mass is 16.5. The number of aromatic nitrogens is 5. The topological polar surface area (TPSA) is 122 Å². The summed E-state index contributed by atoms with van der Waals surface area (Å²) in [5.41, 5.74) is 8.56. The summed E-state index contributed by atoms with van der Waals surface area (Å²) in [5, 5.41) is 8.28. The summed E-state index contributed by atoms with van der Waals surface area (Å²) in [5.74, 6) is 0.109. The Hall–Kier alpha value is -3.50. The van der Waals surface area contributed by atoms with Crippen LogP contribution in [-0.4, -0.2) is 63.5 Å². The summed E-state index contributed by atoms with van der Waals surface area (Å²) in [6.45, 7) is 1.08. The van der Waals surface area contributed by atoms with Crippen molar-refractivity contribution in [3.05, 3.63) is 42.4 Å². The normalized spacial score (nSPS) is 19.0. The molecule has 1 saturated heterocycles. The summed E-state index contributed by atoms with van der Waals surface area (Å²) in [6, 6.07) is 5.78.